The fraction of sp³-hybridized carbons (Fsp3) is 0. The minimum absolute atomic E-state index is 0.0503. The second-order valence-corrected chi connectivity index (χ2v) is 12.3. The van der Waals surface area contributed by atoms with Crippen LogP contribution in [0, 0.1) is 0 Å². The summed E-state index contributed by atoms with van der Waals surface area (Å²) in [6.45, 7) is 0. The Morgan fingerprint density at radius 2 is 1.00 bits per heavy atom. The Kier molecular flexibility index (Phi) is 4.16. The van der Waals surface area contributed by atoms with Gasteiger partial charge in [-0.3, -0.25) is 0 Å². The first kappa shape index (κ1) is 19.3. The molecule has 0 N–H and O–H groups in total. The SMILES string of the molecule is [2H]c1c([2H])c([2H])c2c(c1[2H])c([2H])c([2H])c1c2c2c3c([2H])c([2H])c([2H])c([2H])c3c([2H])c([2H])c2n1-c1cc(-c2nc(-c3ccccc3)nc(-c3ccccc3)n2)c2c(c1)oc1ccccc12. The molecular formula is C47H28N4O. The van der Waals surface area contributed by atoms with Crippen LogP contribution in [-0.4, -0.2) is 19.5 Å². The molecule has 0 radical (unpaired) electrons. The molecule has 0 saturated heterocycles. The van der Waals surface area contributed by atoms with Crippen LogP contribution in [0.3, 0.4) is 0 Å². The van der Waals surface area contributed by atoms with Crippen molar-refractivity contribution in [2.75, 3.05) is 0 Å². The van der Waals surface area contributed by atoms with E-state index in [1.54, 1.807) is 18.2 Å². The van der Waals surface area contributed by atoms with Gasteiger partial charge in [-0.1, -0.05) is 139 Å². The predicted molar refractivity (Wildman–Crippen MR) is 213 cm³/mol. The van der Waals surface area contributed by atoms with Gasteiger partial charge in [0.15, 0.2) is 17.5 Å². The molecule has 3 aromatic heterocycles. The Bertz CT molecular complexity index is 3690. The highest BCUT2D eigenvalue weighted by Gasteiger charge is 2.22. The molecule has 0 saturated carbocycles. The predicted octanol–water partition coefficient (Wildman–Crippen LogP) is 12.2. The van der Waals surface area contributed by atoms with E-state index in [1.807, 2.05) is 78.9 Å². The van der Waals surface area contributed by atoms with Gasteiger partial charge in [0.1, 0.15) is 11.2 Å². The van der Waals surface area contributed by atoms with Crippen molar-refractivity contribution >= 4 is 65.3 Å². The minimum atomic E-state index is -0.629. The van der Waals surface area contributed by atoms with E-state index in [9.17, 15) is 8.22 Å². The first-order valence-corrected chi connectivity index (χ1v) is 16.5. The van der Waals surface area contributed by atoms with Gasteiger partial charge in [-0.15, -0.1) is 0 Å². The Labute approximate surface area is 314 Å². The van der Waals surface area contributed by atoms with Crippen LogP contribution >= 0.6 is 0 Å². The van der Waals surface area contributed by atoms with Gasteiger partial charge in [0.05, 0.1) is 33.2 Å². The van der Waals surface area contributed by atoms with Crippen LogP contribution in [0.1, 0.15) is 16.4 Å². The van der Waals surface area contributed by atoms with Gasteiger partial charge < -0.3 is 8.98 Å². The number of aromatic nitrogens is 4. The molecule has 11 rings (SSSR count). The lowest BCUT2D eigenvalue weighted by molar-refractivity contribution is 0.668. The van der Waals surface area contributed by atoms with Crippen molar-refractivity contribution in [3.05, 3.63) is 170 Å². The molecular weight excluding hydrogens is 637 g/mol. The lowest BCUT2D eigenvalue weighted by Gasteiger charge is -2.13. The highest BCUT2D eigenvalue weighted by Crippen LogP contribution is 2.43. The fourth-order valence-corrected chi connectivity index (χ4v) is 7.06. The van der Waals surface area contributed by atoms with E-state index in [-0.39, 0.29) is 54.9 Å². The number of para-hydroxylation sites is 1. The van der Waals surface area contributed by atoms with Gasteiger partial charge in [-0.05, 0) is 45.8 Å². The average molecular weight is 677 g/mol. The van der Waals surface area contributed by atoms with Crippen LogP contribution in [0.4, 0.5) is 0 Å². The second kappa shape index (κ2) is 11.2. The van der Waals surface area contributed by atoms with E-state index in [1.165, 1.54) is 4.57 Å². The third-order valence-corrected chi connectivity index (χ3v) is 9.32. The molecule has 0 spiro atoms. The zero-order valence-corrected chi connectivity index (χ0v) is 26.9. The van der Waals surface area contributed by atoms with Gasteiger partial charge in [-0.25, -0.2) is 15.0 Å². The van der Waals surface area contributed by atoms with Gasteiger partial charge in [0.2, 0.25) is 0 Å². The Hall–Kier alpha value is -7.11. The summed E-state index contributed by atoms with van der Waals surface area (Å²) >= 11 is 0. The number of hydrogen-bond acceptors (Lipinski definition) is 4. The van der Waals surface area contributed by atoms with E-state index in [0.717, 1.165) is 5.39 Å². The molecule has 0 aliphatic rings. The lowest BCUT2D eigenvalue weighted by Crippen LogP contribution is -2.01. The van der Waals surface area contributed by atoms with E-state index in [4.69, 9.17) is 27.6 Å². The smallest absolute Gasteiger partial charge is 0.164 e. The maximum absolute atomic E-state index is 9.63. The zero-order valence-electron chi connectivity index (χ0n) is 38.9. The Morgan fingerprint density at radius 1 is 0.462 bits per heavy atom. The molecule has 52 heavy (non-hydrogen) atoms. The Morgan fingerprint density at radius 3 is 1.62 bits per heavy atom. The van der Waals surface area contributed by atoms with Crippen LogP contribution in [0.2, 0.25) is 0 Å². The minimum Gasteiger partial charge on any atom is -0.456 e. The lowest BCUT2D eigenvalue weighted by atomic mass is 10.00. The van der Waals surface area contributed by atoms with E-state index < -0.39 is 72.5 Å². The van der Waals surface area contributed by atoms with E-state index in [2.05, 4.69) is 0 Å². The summed E-state index contributed by atoms with van der Waals surface area (Å²) in [6.07, 6.45) is 0. The quantitative estimate of drug-likeness (QED) is 0.186. The summed E-state index contributed by atoms with van der Waals surface area (Å²) in [7, 11) is 0. The molecule has 8 aromatic carbocycles. The number of nitrogens with zero attached hydrogens (tertiary/aromatic N) is 4. The van der Waals surface area contributed by atoms with Crippen LogP contribution in [-0.2, 0) is 0 Å². The summed E-state index contributed by atoms with van der Waals surface area (Å²) in [5.74, 6) is 0.965. The van der Waals surface area contributed by atoms with Crippen molar-refractivity contribution in [3.63, 3.8) is 0 Å². The van der Waals surface area contributed by atoms with Gasteiger partial charge in [0, 0.05) is 44.3 Å². The standard InChI is InChI=1S/C47H28N4O/c1-3-15-31(16-4-1)45-48-46(32-17-5-2-6-18-32)50-47(49-45)37-27-33(28-41-42(37)36-21-11-12-22-40(36)52-41)51-38-25-23-29-13-7-9-19-34(29)43(38)44-35-20-10-8-14-30(35)24-26-39(44)51/h1-28H/i7D,8D,9D,10D,13D,14D,19D,20D,23D,24D,25D,26D. The molecule has 242 valence electrons. The molecule has 0 bridgehead atoms. The number of hydrogen-bond donors (Lipinski definition) is 0. The molecule has 5 heteroatoms. The average Bonchev–Trinajstić information content (AvgIpc) is 3.88. The summed E-state index contributed by atoms with van der Waals surface area (Å²) in [6, 6.07) is 22.7. The van der Waals surface area contributed by atoms with E-state index >= 15 is 0 Å². The fourth-order valence-electron chi connectivity index (χ4n) is 7.06. The third kappa shape index (κ3) is 4.33. The molecule has 0 amide bonds. The van der Waals surface area contributed by atoms with Gasteiger partial charge in [0.25, 0.3) is 0 Å². The molecule has 0 atom stereocenters. The van der Waals surface area contributed by atoms with Crippen LogP contribution in [0.5, 0.6) is 0 Å². The molecule has 0 aliphatic carbocycles. The summed E-state index contributed by atoms with van der Waals surface area (Å²) in [4.78, 5) is 14.9. The monoisotopic (exact) mass is 676 g/mol. The first-order chi connectivity index (χ1) is 30.8. The summed E-state index contributed by atoms with van der Waals surface area (Å²) < 4.78 is 116. The number of rotatable bonds is 4. The van der Waals surface area contributed by atoms with E-state index in [0.29, 0.717) is 44.9 Å². The van der Waals surface area contributed by atoms with Crippen molar-refractivity contribution in [1.29, 1.82) is 0 Å². The molecule has 0 unspecified atom stereocenters. The molecule has 11 aromatic rings. The number of furan rings is 1. The molecule has 5 nitrogen and oxygen atoms in total. The topological polar surface area (TPSA) is 56.7 Å². The maximum Gasteiger partial charge on any atom is 0.164 e. The maximum atomic E-state index is 9.63. The molecule has 3 heterocycles. The van der Waals surface area contributed by atoms with Crippen molar-refractivity contribution in [2.45, 2.75) is 0 Å². The summed E-state index contributed by atoms with van der Waals surface area (Å²) in [5.41, 5.74) is 2.72. The first-order valence-electron chi connectivity index (χ1n) is 22.5. The second-order valence-electron chi connectivity index (χ2n) is 12.3. The zero-order chi connectivity index (χ0) is 44.6. The van der Waals surface area contributed by atoms with Gasteiger partial charge in [-0.2, -0.15) is 0 Å². The van der Waals surface area contributed by atoms with Crippen LogP contribution < -0.4 is 0 Å². The number of benzene rings is 8. The highest BCUT2D eigenvalue weighted by molar-refractivity contribution is 6.28. The number of fused-ring (bicyclic) bond motifs is 10. The third-order valence-electron chi connectivity index (χ3n) is 9.32. The van der Waals surface area contributed by atoms with Crippen LogP contribution in [0.25, 0.3) is 105 Å². The van der Waals surface area contributed by atoms with Crippen molar-refractivity contribution in [1.82, 2.24) is 19.5 Å². The Balaban J connectivity index is 1.38. The van der Waals surface area contributed by atoms with Crippen molar-refractivity contribution in [3.8, 4) is 39.9 Å². The van der Waals surface area contributed by atoms with Crippen molar-refractivity contribution < 1.29 is 20.9 Å². The molecule has 0 fully saturated rings. The van der Waals surface area contributed by atoms with Crippen molar-refractivity contribution in [2.24, 2.45) is 0 Å². The van der Waals surface area contributed by atoms with Gasteiger partial charge >= 0.3 is 0 Å². The molecule has 0 aliphatic heterocycles. The normalized spacial score (nSPS) is 15.1. The largest absolute Gasteiger partial charge is 0.456 e. The summed E-state index contributed by atoms with van der Waals surface area (Å²) in [5, 5.41) is 0.312. The van der Waals surface area contributed by atoms with Crippen LogP contribution in [0.15, 0.2) is 174 Å². The highest BCUT2D eigenvalue weighted by atomic mass is 16.3.